The first-order valence-electron chi connectivity index (χ1n) is 7.02. The number of aliphatic hydroxyl groups is 3. The van der Waals surface area contributed by atoms with Crippen molar-refractivity contribution < 1.29 is 24.9 Å². The summed E-state index contributed by atoms with van der Waals surface area (Å²) in [6.45, 7) is 9.00. The minimum Gasteiger partial charge on any atom is -0.394 e. The van der Waals surface area contributed by atoms with Gasteiger partial charge in [0.2, 0.25) is 5.91 Å². The molecule has 5 atom stereocenters. The normalized spacial score (nSPS) is 35.1. The Bertz CT molecular complexity index is 344. The van der Waals surface area contributed by atoms with Crippen LogP contribution in [0.25, 0.3) is 0 Å². The van der Waals surface area contributed by atoms with Gasteiger partial charge in [0.1, 0.15) is 18.3 Å². The summed E-state index contributed by atoms with van der Waals surface area (Å²) in [5.74, 6) is -0.0672. The molecule has 0 aromatic rings. The summed E-state index contributed by atoms with van der Waals surface area (Å²) in [5.41, 5.74) is -0.346. The molecule has 6 nitrogen and oxygen atoms in total. The standard InChI is InChI=1S/C14H27NO5/c1-7(2)14(4,5)13-10(15-8(3)17)12(19)11(18)9(6-16)20-13/h7,9-13,16,18-19H,6H2,1-5H3,(H,15,17). The molecule has 0 aliphatic carbocycles. The van der Waals surface area contributed by atoms with Crippen LogP contribution in [0.4, 0.5) is 0 Å². The van der Waals surface area contributed by atoms with E-state index in [1.807, 2.05) is 27.7 Å². The third-order valence-electron chi connectivity index (χ3n) is 4.52. The largest absolute Gasteiger partial charge is 0.394 e. The van der Waals surface area contributed by atoms with Gasteiger partial charge in [0.15, 0.2) is 0 Å². The van der Waals surface area contributed by atoms with E-state index in [1.165, 1.54) is 6.92 Å². The number of amides is 1. The summed E-state index contributed by atoms with van der Waals surface area (Å²) in [5, 5.41) is 32.2. The molecule has 0 saturated carbocycles. The Morgan fingerprint density at radius 3 is 2.25 bits per heavy atom. The smallest absolute Gasteiger partial charge is 0.217 e. The molecule has 1 aliphatic rings. The second kappa shape index (κ2) is 6.39. The molecule has 0 radical (unpaired) electrons. The van der Waals surface area contributed by atoms with Crippen LogP contribution in [0.1, 0.15) is 34.6 Å². The summed E-state index contributed by atoms with van der Waals surface area (Å²) in [6.07, 6.45) is -3.75. The zero-order valence-electron chi connectivity index (χ0n) is 12.8. The van der Waals surface area contributed by atoms with Gasteiger partial charge in [-0.15, -0.1) is 0 Å². The first kappa shape index (κ1) is 17.4. The molecule has 0 spiro atoms. The fourth-order valence-electron chi connectivity index (χ4n) is 2.48. The summed E-state index contributed by atoms with van der Waals surface area (Å²) in [4.78, 5) is 11.3. The molecule has 0 aromatic heterocycles. The van der Waals surface area contributed by atoms with Crippen LogP contribution in [0.2, 0.25) is 0 Å². The second-order valence-corrected chi connectivity index (χ2v) is 6.46. The van der Waals surface area contributed by atoms with E-state index in [-0.39, 0.29) is 23.8 Å². The zero-order chi connectivity index (χ0) is 15.7. The predicted molar refractivity (Wildman–Crippen MR) is 74.0 cm³/mol. The van der Waals surface area contributed by atoms with Crippen molar-refractivity contribution in [2.45, 2.75) is 65.1 Å². The third-order valence-corrected chi connectivity index (χ3v) is 4.52. The van der Waals surface area contributed by atoms with Crippen LogP contribution >= 0.6 is 0 Å². The first-order valence-corrected chi connectivity index (χ1v) is 7.02. The van der Waals surface area contributed by atoms with E-state index < -0.39 is 30.5 Å². The van der Waals surface area contributed by atoms with Crippen molar-refractivity contribution in [1.82, 2.24) is 5.32 Å². The zero-order valence-corrected chi connectivity index (χ0v) is 12.8. The topological polar surface area (TPSA) is 99.0 Å². The maximum Gasteiger partial charge on any atom is 0.217 e. The van der Waals surface area contributed by atoms with E-state index in [1.54, 1.807) is 0 Å². The Morgan fingerprint density at radius 2 is 1.85 bits per heavy atom. The van der Waals surface area contributed by atoms with Gasteiger partial charge in [-0.1, -0.05) is 27.7 Å². The molecule has 1 saturated heterocycles. The molecule has 1 rings (SSSR count). The summed E-state index contributed by atoms with van der Waals surface area (Å²) >= 11 is 0. The van der Waals surface area contributed by atoms with E-state index in [9.17, 15) is 20.1 Å². The Balaban J connectivity index is 3.10. The fraction of sp³-hybridized carbons (Fsp3) is 0.929. The fourth-order valence-corrected chi connectivity index (χ4v) is 2.48. The van der Waals surface area contributed by atoms with Crippen LogP contribution in [0, 0.1) is 11.3 Å². The Morgan fingerprint density at radius 1 is 1.30 bits per heavy atom. The number of carbonyl (C=O) groups excluding carboxylic acids is 1. The van der Waals surface area contributed by atoms with Crippen molar-refractivity contribution in [1.29, 1.82) is 0 Å². The van der Waals surface area contributed by atoms with Gasteiger partial charge in [-0.2, -0.15) is 0 Å². The van der Waals surface area contributed by atoms with Gasteiger partial charge >= 0.3 is 0 Å². The Kier molecular flexibility index (Phi) is 5.54. The molecule has 118 valence electrons. The molecular weight excluding hydrogens is 262 g/mol. The van der Waals surface area contributed by atoms with Crippen LogP contribution in [0.15, 0.2) is 0 Å². The maximum absolute atomic E-state index is 11.3. The SMILES string of the molecule is CC(=O)NC1C(O)C(O)C(CO)OC1C(C)(C)C(C)C. The number of carbonyl (C=O) groups is 1. The van der Waals surface area contributed by atoms with Gasteiger partial charge in [0.25, 0.3) is 0 Å². The van der Waals surface area contributed by atoms with Crippen LogP contribution < -0.4 is 5.32 Å². The highest BCUT2D eigenvalue weighted by Crippen LogP contribution is 2.38. The highest BCUT2D eigenvalue weighted by Gasteiger charge is 2.50. The van der Waals surface area contributed by atoms with Gasteiger partial charge < -0.3 is 25.4 Å². The lowest BCUT2D eigenvalue weighted by Crippen LogP contribution is -2.67. The summed E-state index contributed by atoms with van der Waals surface area (Å²) in [6, 6.07) is -0.706. The number of nitrogens with one attached hydrogen (secondary N) is 1. The monoisotopic (exact) mass is 289 g/mol. The Hall–Kier alpha value is -0.690. The van der Waals surface area contributed by atoms with Crippen molar-refractivity contribution in [3.8, 4) is 0 Å². The number of rotatable bonds is 4. The lowest BCUT2D eigenvalue weighted by molar-refractivity contribution is -0.224. The maximum atomic E-state index is 11.3. The molecule has 20 heavy (non-hydrogen) atoms. The summed E-state index contributed by atoms with van der Waals surface area (Å²) < 4.78 is 5.78. The van der Waals surface area contributed by atoms with E-state index in [0.717, 1.165) is 0 Å². The van der Waals surface area contributed by atoms with E-state index >= 15 is 0 Å². The quantitative estimate of drug-likeness (QED) is 0.567. The first-order chi connectivity index (χ1) is 9.12. The molecule has 1 amide bonds. The second-order valence-electron chi connectivity index (χ2n) is 6.46. The van der Waals surface area contributed by atoms with Crippen LogP contribution in [0.5, 0.6) is 0 Å². The van der Waals surface area contributed by atoms with Crippen molar-refractivity contribution in [2.75, 3.05) is 6.61 Å². The van der Waals surface area contributed by atoms with Crippen molar-refractivity contribution in [2.24, 2.45) is 11.3 Å². The van der Waals surface area contributed by atoms with Gasteiger partial charge in [-0.25, -0.2) is 0 Å². The minimum atomic E-state index is -1.23. The highest BCUT2D eigenvalue weighted by molar-refractivity contribution is 5.73. The van der Waals surface area contributed by atoms with Crippen LogP contribution in [-0.4, -0.2) is 58.3 Å². The number of hydrogen-bond acceptors (Lipinski definition) is 5. The molecule has 1 heterocycles. The lowest BCUT2D eigenvalue weighted by atomic mass is 9.70. The molecule has 0 bridgehead atoms. The molecule has 5 unspecified atom stereocenters. The molecule has 4 N–H and O–H groups in total. The average Bonchev–Trinajstić information content (AvgIpc) is 2.34. The minimum absolute atomic E-state index is 0.227. The van der Waals surface area contributed by atoms with E-state index in [0.29, 0.717) is 0 Å². The van der Waals surface area contributed by atoms with Crippen molar-refractivity contribution in [3.05, 3.63) is 0 Å². The van der Waals surface area contributed by atoms with Crippen LogP contribution in [-0.2, 0) is 9.53 Å². The van der Waals surface area contributed by atoms with Crippen LogP contribution in [0.3, 0.4) is 0 Å². The van der Waals surface area contributed by atoms with Gasteiger partial charge in [-0.3, -0.25) is 4.79 Å². The van der Waals surface area contributed by atoms with Crippen molar-refractivity contribution in [3.63, 3.8) is 0 Å². The summed E-state index contributed by atoms with van der Waals surface area (Å²) in [7, 11) is 0. The molecule has 0 aromatic carbocycles. The average molecular weight is 289 g/mol. The molecule has 1 aliphatic heterocycles. The number of aliphatic hydroxyl groups excluding tert-OH is 3. The molecule has 6 heteroatoms. The third kappa shape index (κ3) is 3.31. The highest BCUT2D eigenvalue weighted by atomic mass is 16.5. The molecule has 1 fully saturated rings. The predicted octanol–water partition coefficient (Wildman–Crippen LogP) is -0.345. The van der Waals surface area contributed by atoms with E-state index in [4.69, 9.17) is 4.74 Å². The van der Waals surface area contributed by atoms with Gasteiger partial charge in [0, 0.05) is 6.92 Å². The Labute approximate surface area is 120 Å². The molecular formula is C14H27NO5. The van der Waals surface area contributed by atoms with Gasteiger partial charge in [0.05, 0.1) is 18.8 Å². The number of hydrogen-bond donors (Lipinski definition) is 4. The van der Waals surface area contributed by atoms with Gasteiger partial charge in [-0.05, 0) is 11.3 Å². The van der Waals surface area contributed by atoms with Crippen molar-refractivity contribution >= 4 is 5.91 Å². The number of ether oxygens (including phenoxy) is 1. The lowest BCUT2D eigenvalue weighted by Gasteiger charge is -2.50. The van der Waals surface area contributed by atoms with E-state index in [2.05, 4.69) is 5.32 Å².